The third-order valence-corrected chi connectivity index (χ3v) is 4.75. The Balaban J connectivity index is 1.90. The van der Waals surface area contributed by atoms with E-state index in [-0.39, 0.29) is 6.04 Å². The standard InChI is InChI=1S/C16H15ClN2S/c1-18-14(11-6-2-3-7-12(11)17)10-16-19-13-8-4-5-9-15(13)20-16/h2-9,14,18H,10H2,1H3. The Morgan fingerprint density at radius 3 is 2.65 bits per heavy atom. The summed E-state index contributed by atoms with van der Waals surface area (Å²) in [6.07, 6.45) is 0.847. The molecule has 0 fully saturated rings. The van der Waals surface area contributed by atoms with Crippen molar-refractivity contribution in [2.24, 2.45) is 0 Å². The number of halogens is 1. The minimum Gasteiger partial charge on any atom is -0.313 e. The van der Waals surface area contributed by atoms with Crippen molar-refractivity contribution in [2.75, 3.05) is 7.05 Å². The van der Waals surface area contributed by atoms with Gasteiger partial charge in [-0.1, -0.05) is 41.9 Å². The van der Waals surface area contributed by atoms with Crippen LogP contribution in [0.3, 0.4) is 0 Å². The lowest BCUT2D eigenvalue weighted by Gasteiger charge is -2.16. The van der Waals surface area contributed by atoms with E-state index in [0.29, 0.717) is 0 Å². The summed E-state index contributed by atoms with van der Waals surface area (Å²) < 4.78 is 1.23. The molecule has 4 heteroatoms. The van der Waals surface area contributed by atoms with Crippen molar-refractivity contribution in [3.63, 3.8) is 0 Å². The van der Waals surface area contributed by atoms with E-state index in [4.69, 9.17) is 16.6 Å². The topological polar surface area (TPSA) is 24.9 Å². The van der Waals surface area contributed by atoms with E-state index in [1.807, 2.05) is 37.4 Å². The van der Waals surface area contributed by atoms with Crippen LogP contribution < -0.4 is 5.32 Å². The van der Waals surface area contributed by atoms with Crippen LogP contribution in [0.15, 0.2) is 48.5 Å². The van der Waals surface area contributed by atoms with Gasteiger partial charge in [0.05, 0.1) is 15.2 Å². The fourth-order valence-electron chi connectivity index (χ4n) is 2.31. The first-order chi connectivity index (χ1) is 9.78. The Morgan fingerprint density at radius 1 is 1.15 bits per heavy atom. The number of likely N-dealkylation sites (N-methyl/N-ethyl adjacent to an activating group) is 1. The molecule has 0 radical (unpaired) electrons. The molecule has 1 aromatic heterocycles. The van der Waals surface area contributed by atoms with Crippen molar-refractivity contribution in [1.29, 1.82) is 0 Å². The number of thiazole rings is 1. The third kappa shape index (κ3) is 2.70. The van der Waals surface area contributed by atoms with Crippen molar-refractivity contribution in [3.05, 3.63) is 64.1 Å². The van der Waals surface area contributed by atoms with Crippen LogP contribution in [0.4, 0.5) is 0 Å². The summed E-state index contributed by atoms with van der Waals surface area (Å²) in [6.45, 7) is 0. The number of rotatable bonds is 4. The Labute approximate surface area is 127 Å². The maximum atomic E-state index is 6.29. The van der Waals surface area contributed by atoms with Crippen molar-refractivity contribution in [3.8, 4) is 0 Å². The Morgan fingerprint density at radius 2 is 1.90 bits per heavy atom. The highest BCUT2D eigenvalue weighted by Gasteiger charge is 2.15. The lowest BCUT2D eigenvalue weighted by molar-refractivity contribution is 0.591. The van der Waals surface area contributed by atoms with Crippen molar-refractivity contribution in [1.82, 2.24) is 10.3 Å². The predicted octanol–water partition coefficient (Wildman–Crippen LogP) is 4.45. The molecule has 3 rings (SSSR count). The van der Waals surface area contributed by atoms with Crippen LogP contribution in [-0.4, -0.2) is 12.0 Å². The molecule has 1 atom stereocenters. The van der Waals surface area contributed by atoms with Gasteiger partial charge >= 0.3 is 0 Å². The van der Waals surface area contributed by atoms with Crippen molar-refractivity contribution < 1.29 is 0 Å². The summed E-state index contributed by atoms with van der Waals surface area (Å²) in [5, 5.41) is 5.26. The normalized spacial score (nSPS) is 12.7. The van der Waals surface area contributed by atoms with Gasteiger partial charge < -0.3 is 5.32 Å². The summed E-state index contributed by atoms with van der Waals surface area (Å²) in [7, 11) is 1.96. The first-order valence-corrected chi connectivity index (χ1v) is 7.73. The Hall–Kier alpha value is -1.42. The van der Waals surface area contributed by atoms with Gasteiger partial charge in [0.25, 0.3) is 0 Å². The van der Waals surface area contributed by atoms with E-state index in [9.17, 15) is 0 Å². The smallest absolute Gasteiger partial charge is 0.0957 e. The molecule has 3 aromatic rings. The van der Waals surface area contributed by atoms with Crippen LogP contribution >= 0.6 is 22.9 Å². The van der Waals surface area contributed by atoms with Crippen LogP contribution in [0.25, 0.3) is 10.2 Å². The molecule has 0 spiro atoms. The monoisotopic (exact) mass is 302 g/mol. The van der Waals surface area contributed by atoms with E-state index in [0.717, 1.165) is 27.5 Å². The second kappa shape index (κ2) is 5.92. The summed E-state index contributed by atoms with van der Waals surface area (Å²) in [6, 6.07) is 16.4. The molecule has 0 bridgehead atoms. The molecule has 2 nitrogen and oxygen atoms in total. The van der Waals surface area contributed by atoms with Crippen LogP contribution in [0.2, 0.25) is 5.02 Å². The van der Waals surface area contributed by atoms with Gasteiger partial charge in [-0.25, -0.2) is 4.98 Å². The Kier molecular flexibility index (Phi) is 4.01. The van der Waals surface area contributed by atoms with E-state index in [1.54, 1.807) is 11.3 Å². The molecular formula is C16H15ClN2S. The minimum atomic E-state index is 0.185. The van der Waals surface area contributed by atoms with Crippen LogP contribution in [0.5, 0.6) is 0 Å². The van der Waals surface area contributed by atoms with Gasteiger partial charge in [-0.05, 0) is 30.8 Å². The van der Waals surface area contributed by atoms with Gasteiger partial charge in [0, 0.05) is 17.5 Å². The molecule has 102 valence electrons. The quantitative estimate of drug-likeness (QED) is 0.770. The zero-order chi connectivity index (χ0) is 13.9. The number of nitrogens with one attached hydrogen (secondary N) is 1. The summed E-state index contributed by atoms with van der Waals surface area (Å²) in [5.41, 5.74) is 2.19. The highest BCUT2D eigenvalue weighted by atomic mass is 35.5. The van der Waals surface area contributed by atoms with Gasteiger partial charge in [-0.3, -0.25) is 0 Å². The molecule has 0 saturated carbocycles. The molecule has 0 aliphatic carbocycles. The zero-order valence-corrected chi connectivity index (χ0v) is 12.7. The van der Waals surface area contributed by atoms with Gasteiger partial charge in [0.1, 0.15) is 0 Å². The average molecular weight is 303 g/mol. The van der Waals surface area contributed by atoms with E-state index < -0.39 is 0 Å². The third-order valence-electron chi connectivity index (χ3n) is 3.35. The van der Waals surface area contributed by atoms with Gasteiger partial charge in [0.2, 0.25) is 0 Å². The molecule has 20 heavy (non-hydrogen) atoms. The number of para-hydroxylation sites is 1. The molecule has 0 amide bonds. The van der Waals surface area contributed by atoms with Gasteiger partial charge in [-0.2, -0.15) is 0 Å². The molecular weight excluding hydrogens is 288 g/mol. The van der Waals surface area contributed by atoms with E-state index in [2.05, 4.69) is 23.5 Å². The summed E-state index contributed by atoms with van der Waals surface area (Å²) in [4.78, 5) is 4.69. The molecule has 0 aliphatic rings. The van der Waals surface area contributed by atoms with Gasteiger partial charge in [-0.15, -0.1) is 11.3 Å². The largest absolute Gasteiger partial charge is 0.313 e. The summed E-state index contributed by atoms with van der Waals surface area (Å²) >= 11 is 8.03. The number of nitrogens with zero attached hydrogens (tertiary/aromatic N) is 1. The molecule has 1 heterocycles. The number of hydrogen-bond donors (Lipinski definition) is 1. The maximum Gasteiger partial charge on any atom is 0.0957 e. The first kappa shape index (κ1) is 13.6. The molecule has 2 aromatic carbocycles. The summed E-state index contributed by atoms with van der Waals surface area (Å²) in [5.74, 6) is 0. The number of aromatic nitrogens is 1. The highest BCUT2D eigenvalue weighted by Crippen LogP contribution is 2.29. The van der Waals surface area contributed by atoms with E-state index in [1.165, 1.54) is 4.70 Å². The number of hydrogen-bond acceptors (Lipinski definition) is 3. The second-order valence-corrected chi connectivity index (χ2v) is 6.16. The van der Waals surface area contributed by atoms with Crippen LogP contribution in [0.1, 0.15) is 16.6 Å². The lowest BCUT2D eigenvalue weighted by Crippen LogP contribution is -2.19. The average Bonchev–Trinajstić information content (AvgIpc) is 2.88. The minimum absolute atomic E-state index is 0.185. The van der Waals surface area contributed by atoms with E-state index >= 15 is 0 Å². The molecule has 0 saturated heterocycles. The molecule has 1 N–H and O–H groups in total. The predicted molar refractivity (Wildman–Crippen MR) is 86.6 cm³/mol. The fourth-order valence-corrected chi connectivity index (χ4v) is 3.59. The highest BCUT2D eigenvalue weighted by molar-refractivity contribution is 7.18. The zero-order valence-electron chi connectivity index (χ0n) is 11.1. The van der Waals surface area contributed by atoms with Gasteiger partial charge in [0.15, 0.2) is 0 Å². The van der Waals surface area contributed by atoms with Crippen LogP contribution in [-0.2, 0) is 6.42 Å². The maximum absolute atomic E-state index is 6.29. The van der Waals surface area contributed by atoms with Crippen LogP contribution in [0, 0.1) is 0 Å². The SMILES string of the molecule is CNC(Cc1nc2ccccc2s1)c1ccccc1Cl. The van der Waals surface area contributed by atoms with Crippen molar-refractivity contribution >= 4 is 33.2 Å². The Bertz CT molecular complexity index is 690. The fraction of sp³-hybridized carbons (Fsp3) is 0.188. The van der Waals surface area contributed by atoms with Crippen molar-refractivity contribution in [2.45, 2.75) is 12.5 Å². The number of fused-ring (bicyclic) bond motifs is 1. The first-order valence-electron chi connectivity index (χ1n) is 6.54. The number of benzene rings is 2. The second-order valence-electron chi connectivity index (χ2n) is 4.64. The molecule has 1 unspecified atom stereocenters. The molecule has 0 aliphatic heterocycles. The lowest BCUT2D eigenvalue weighted by atomic mass is 10.0.